The Labute approximate surface area is 654 Å². The number of halogens is 5. The van der Waals surface area contributed by atoms with Gasteiger partial charge in [0.25, 0.3) is 0 Å². The fraction of sp³-hybridized carbons (Fsp3) is 0.200. The first-order chi connectivity index (χ1) is 51.0. The maximum Gasteiger partial charge on any atom is 0.346 e. The Balaban J connectivity index is 0.000000141. The molecule has 0 atom stereocenters. The lowest BCUT2D eigenvalue weighted by Crippen LogP contribution is -2.03. The highest BCUT2D eigenvalue weighted by Gasteiger charge is 2.23. The molecule has 21 heteroatoms. The van der Waals surface area contributed by atoms with Crippen LogP contribution in [0.25, 0.3) is 61.9 Å². The Kier molecular flexibility index (Phi) is 26.6. The summed E-state index contributed by atoms with van der Waals surface area (Å²) in [6.45, 7) is 11.9. The standard InChI is InChI=1S/C23H20O3S.C22H17ClO3S.2C20H18Cl2O3S/c1-15-11-12-18-19(22(23(24)25)27-21(18)14-15)9-5-13-26-20-10-4-7-16-6-2-3-8-17(16)20;23-18-11-4-9-16-17(21(22(24)25)27-20(16)18)10-5-13-26-19-12-3-7-14-6-1-2-8-15(14)19;1-11-9-13(10-12(2)17(11)22)25-8-4-6-15-14-5-3-7-16(21)18(14)26-19(15)20(23)24;1-11-8-14(9-12(2)18(11)22)25-7-3-4-16-15-6-5-13(21)10-17(15)26-19(16)20(23)24/h2-4,6-8,10-12,14H,5,9,13H2,1H3,(H,24,25);1-4,6-9,11-12H,5,10,13H2,(H,24,25);3,5,7,9-10H,4,6,8H2,1-2H3,(H,23,24);5-6,8-10H,3-4,7H2,1-2H3,(H,23,24). The molecule has 0 spiro atoms. The first kappa shape index (κ1) is 78.2. The number of carboxylic acids is 4. The van der Waals surface area contributed by atoms with Gasteiger partial charge in [-0.1, -0.05) is 173 Å². The third kappa shape index (κ3) is 18.9. The van der Waals surface area contributed by atoms with Crippen molar-refractivity contribution < 1.29 is 58.6 Å². The zero-order chi connectivity index (χ0) is 75.3. The molecule has 12 nitrogen and oxygen atoms in total. The minimum absolute atomic E-state index is 0.353. The Bertz CT molecular complexity index is 5520. The van der Waals surface area contributed by atoms with E-state index in [1.807, 2.05) is 162 Å². The van der Waals surface area contributed by atoms with Crippen molar-refractivity contribution in [1.82, 2.24) is 0 Å². The van der Waals surface area contributed by atoms with Crippen molar-refractivity contribution in [3.63, 3.8) is 0 Å². The third-order valence-corrected chi connectivity index (χ3v) is 24.9. The number of hydrogen-bond donors (Lipinski definition) is 4. The molecule has 14 rings (SSSR count). The van der Waals surface area contributed by atoms with Gasteiger partial charge in [-0.05, 0) is 235 Å². The maximum absolute atomic E-state index is 11.7. The summed E-state index contributed by atoms with van der Waals surface area (Å²) in [6.07, 6.45) is 5.49. The Morgan fingerprint density at radius 2 is 0.670 bits per heavy atom. The molecule has 0 aliphatic heterocycles. The van der Waals surface area contributed by atoms with Gasteiger partial charge < -0.3 is 39.4 Å². The molecule has 0 saturated heterocycles. The molecule has 4 aromatic heterocycles. The van der Waals surface area contributed by atoms with Crippen LogP contribution < -0.4 is 18.9 Å². The zero-order valence-corrected chi connectivity index (χ0v) is 65.4. The van der Waals surface area contributed by atoms with Crippen molar-refractivity contribution in [2.75, 3.05) is 26.4 Å². The van der Waals surface area contributed by atoms with Gasteiger partial charge in [-0.25, -0.2) is 19.2 Å². The van der Waals surface area contributed by atoms with E-state index in [4.69, 9.17) is 77.0 Å². The molecule has 0 fully saturated rings. The van der Waals surface area contributed by atoms with Crippen LogP contribution in [-0.2, 0) is 25.7 Å². The van der Waals surface area contributed by atoms with E-state index >= 15 is 0 Å². The molecular weight excluding hydrogens is 1520 g/mol. The third-order valence-electron chi connectivity index (χ3n) is 17.7. The summed E-state index contributed by atoms with van der Waals surface area (Å²) in [7, 11) is 0. The first-order valence-corrected chi connectivity index (χ1v) is 39.2. The van der Waals surface area contributed by atoms with Crippen LogP contribution in [0.5, 0.6) is 23.0 Å². The normalized spacial score (nSPS) is 11.1. The van der Waals surface area contributed by atoms with Crippen LogP contribution in [0, 0.1) is 34.6 Å². The predicted molar refractivity (Wildman–Crippen MR) is 440 cm³/mol. The fourth-order valence-corrected chi connectivity index (χ4v) is 18.2. The topological polar surface area (TPSA) is 186 Å². The van der Waals surface area contributed by atoms with Crippen molar-refractivity contribution >= 4 is 189 Å². The molecule has 0 aliphatic rings. The molecule has 4 heterocycles. The number of thiophene rings is 4. The van der Waals surface area contributed by atoms with Crippen LogP contribution in [0.4, 0.5) is 0 Å². The van der Waals surface area contributed by atoms with Crippen LogP contribution in [0.15, 0.2) is 182 Å². The molecule has 0 bridgehead atoms. The summed E-state index contributed by atoms with van der Waals surface area (Å²) in [6, 6.07) is 58.7. The molecule has 106 heavy (non-hydrogen) atoms. The van der Waals surface area contributed by atoms with E-state index in [1.54, 1.807) is 18.2 Å². The SMILES string of the molecule is Cc1cc(OCCCc2c(C(=O)O)sc3c(Cl)cccc23)cc(C)c1Cl.Cc1cc(OCCCc2c(C(=O)O)sc3cc(Cl)ccc23)cc(C)c1Cl.Cc1ccc2c(CCCOc3cccc4ccccc34)c(C(=O)O)sc2c1.O=C(O)c1sc2c(Cl)cccc2c1CCCOc1cccc2ccccc12. The van der Waals surface area contributed by atoms with Crippen molar-refractivity contribution in [2.24, 2.45) is 0 Å². The van der Waals surface area contributed by atoms with E-state index in [-0.39, 0.29) is 0 Å². The summed E-state index contributed by atoms with van der Waals surface area (Å²) in [5.41, 5.74) is 8.50. The van der Waals surface area contributed by atoms with Gasteiger partial charge >= 0.3 is 23.9 Å². The Hall–Kier alpha value is -8.91. The Morgan fingerprint density at radius 3 is 1.08 bits per heavy atom. The minimum Gasteiger partial charge on any atom is -0.494 e. The van der Waals surface area contributed by atoms with E-state index in [2.05, 4.69) is 36.4 Å². The second-order valence-corrected chi connectivity index (χ2v) is 31.4. The van der Waals surface area contributed by atoms with Crippen LogP contribution in [0.2, 0.25) is 25.1 Å². The van der Waals surface area contributed by atoms with Gasteiger partial charge in [-0.3, -0.25) is 0 Å². The van der Waals surface area contributed by atoms with E-state index in [0.717, 1.165) is 164 Å². The molecule has 0 radical (unpaired) electrons. The number of ether oxygens (including phenoxy) is 4. The van der Waals surface area contributed by atoms with Crippen molar-refractivity contribution in [3.8, 4) is 23.0 Å². The molecule has 10 aromatic carbocycles. The molecule has 0 aliphatic carbocycles. The first-order valence-electron chi connectivity index (χ1n) is 34.1. The van der Waals surface area contributed by atoms with Gasteiger partial charge in [0.1, 0.15) is 42.5 Å². The summed E-state index contributed by atoms with van der Waals surface area (Å²) in [5.74, 6) is -0.284. The second-order valence-electron chi connectivity index (χ2n) is 25.2. The average Bonchev–Trinajstić information content (AvgIpc) is 1.65. The second kappa shape index (κ2) is 36.1. The van der Waals surface area contributed by atoms with Crippen LogP contribution >= 0.6 is 103 Å². The molecule has 0 saturated carbocycles. The van der Waals surface area contributed by atoms with Crippen molar-refractivity contribution in [3.05, 3.63) is 277 Å². The van der Waals surface area contributed by atoms with Crippen LogP contribution in [0.1, 0.15) is 114 Å². The van der Waals surface area contributed by atoms with Crippen molar-refractivity contribution in [1.29, 1.82) is 0 Å². The van der Waals surface area contributed by atoms with E-state index in [1.165, 1.54) is 45.3 Å². The number of rotatable bonds is 24. The highest BCUT2D eigenvalue weighted by molar-refractivity contribution is 7.22. The quantitative estimate of drug-likeness (QED) is 0.0420. The van der Waals surface area contributed by atoms with Gasteiger partial charge in [-0.15, -0.1) is 45.3 Å². The number of hydrogen-bond acceptors (Lipinski definition) is 12. The highest BCUT2D eigenvalue weighted by atomic mass is 35.5. The largest absolute Gasteiger partial charge is 0.494 e. The number of aromatic carboxylic acids is 4. The molecular formula is C85H73Cl5O12S4. The summed E-state index contributed by atoms with van der Waals surface area (Å²) in [4.78, 5) is 48.0. The lowest BCUT2D eigenvalue weighted by atomic mass is 10.0. The monoisotopic (exact) mass is 1590 g/mol. The average molecular weight is 1590 g/mol. The number of carboxylic acid groups (broad SMARTS) is 4. The van der Waals surface area contributed by atoms with Crippen molar-refractivity contribution in [2.45, 2.75) is 86.0 Å². The molecule has 14 aromatic rings. The molecule has 0 amide bonds. The highest BCUT2D eigenvalue weighted by Crippen LogP contribution is 2.41. The lowest BCUT2D eigenvalue weighted by molar-refractivity contribution is 0.0690. The lowest BCUT2D eigenvalue weighted by Gasteiger charge is -2.10. The van der Waals surface area contributed by atoms with E-state index in [9.17, 15) is 39.6 Å². The van der Waals surface area contributed by atoms with E-state index < -0.39 is 23.9 Å². The number of carbonyl (C=O) groups is 4. The van der Waals surface area contributed by atoms with E-state index in [0.29, 0.717) is 93.1 Å². The van der Waals surface area contributed by atoms with Gasteiger partial charge in [0.05, 0.1) is 45.9 Å². The van der Waals surface area contributed by atoms with Gasteiger partial charge in [-0.2, -0.15) is 0 Å². The fourth-order valence-electron chi connectivity index (χ4n) is 12.7. The Morgan fingerprint density at radius 1 is 0.340 bits per heavy atom. The molecule has 4 N–H and O–H groups in total. The summed E-state index contributed by atoms with van der Waals surface area (Å²) >= 11 is 35.9. The summed E-state index contributed by atoms with van der Waals surface area (Å²) < 4.78 is 27.2. The summed E-state index contributed by atoms with van der Waals surface area (Å²) in [5, 5.41) is 49.7. The minimum atomic E-state index is -0.915. The molecule has 544 valence electrons. The number of aryl methyl sites for hydroxylation is 9. The maximum atomic E-state index is 11.7. The zero-order valence-electron chi connectivity index (χ0n) is 58.4. The van der Waals surface area contributed by atoms with Crippen LogP contribution in [0.3, 0.4) is 0 Å². The van der Waals surface area contributed by atoms with Gasteiger partial charge in [0, 0.05) is 35.2 Å². The number of benzene rings is 10. The molecule has 0 unspecified atom stereocenters. The van der Waals surface area contributed by atoms with Crippen LogP contribution in [-0.4, -0.2) is 70.7 Å². The predicted octanol–water partition coefficient (Wildman–Crippen LogP) is 25.6. The van der Waals surface area contributed by atoms with Gasteiger partial charge in [0.2, 0.25) is 0 Å². The smallest absolute Gasteiger partial charge is 0.346 e. The number of fused-ring (bicyclic) bond motifs is 6. The van der Waals surface area contributed by atoms with Gasteiger partial charge in [0.15, 0.2) is 0 Å².